The molecule has 0 N–H and O–H groups in total. The zero-order valence-electron chi connectivity index (χ0n) is 23.8. The topological polar surface area (TPSA) is 38.7 Å². The molecule has 3 aromatic heterocycles. The van der Waals surface area contributed by atoms with E-state index in [9.17, 15) is 0 Å². The van der Waals surface area contributed by atoms with Crippen LogP contribution in [0.5, 0.6) is 0 Å². The van der Waals surface area contributed by atoms with E-state index >= 15 is 0 Å². The summed E-state index contributed by atoms with van der Waals surface area (Å²) >= 11 is 0. The van der Waals surface area contributed by atoms with E-state index in [0.717, 1.165) is 55.6 Å². The van der Waals surface area contributed by atoms with E-state index in [4.69, 9.17) is 0 Å². The Labute approximate surface area is 247 Å². The monoisotopic (exact) mass is 541 g/mol. The molecule has 0 unspecified atom stereocenters. The molecule has 6 aromatic rings. The van der Waals surface area contributed by atoms with Gasteiger partial charge in [-0.3, -0.25) is 15.0 Å². The van der Waals surface area contributed by atoms with Gasteiger partial charge in [0.25, 0.3) is 0 Å². The van der Waals surface area contributed by atoms with Crippen molar-refractivity contribution in [2.24, 2.45) is 0 Å². The van der Waals surface area contributed by atoms with Crippen molar-refractivity contribution in [3.05, 3.63) is 158 Å². The Hall–Kier alpha value is -5.41. The molecule has 3 aromatic carbocycles. The van der Waals surface area contributed by atoms with Gasteiger partial charge in [-0.25, -0.2) is 0 Å². The molecule has 0 aliphatic carbocycles. The second-order valence-electron chi connectivity index (χ2n) is 10.3. The number of hydrogen-bond acceptors (Lipinski definition) is 3. The Balaban J connectivity index is 1.49. The zero-order valence-corrected chi connectivity index (χ0v) is 23.8. The molecule has 6 rings (SSSR count). The van der Waals surface area contributed by atoms with Gasteiger partial charge in [-0.2, -0.15) is 0 Å². The van der Waals surface area contributed by atoms with E-state index in [1.807, 2.05) is 62.3 Å². The Kier molecular flexibility index (Phi) is 7.91. The molecule has 0 aliphatic heterocycles. The van der Waals surface area contributed by atoms with Crippen LogP contribution in [0, 0.1) is 0 Å². The minimum absolute atomic E-state index is 1.08. The summed E-state index contributed by atoms with van der Waals surface area (Å²) in [6.07, 6.45) is 17.5. The van der Waals surface area contributed by atoms with Gasteiger partial charge in [0.05, 0.1) is 0 Å². The SMILES string of the molecule is C/C=C\C=C(/C)c1cc(-c2cccnc2)cc(-c2cccc(-c3cc(-c4cccnc4)cc(-c4cccnc4)c3)c2)c1. The van der Waals surface area contributed by atoms with Crippen molar-refractivity contribution in [3.63, 3.8) is 0 Å². The molecule has 0 saturated carbocycles. The first-order valence-electron chi connectivity index (χ1n) is 14.1. The molecule has 0 atom stereocenters. The molecule has 0 aliphatic rings. The predicted molar refractivity (Wildman–Crippen MR) is 175 cm³/mol. The molecule has 202 valence electrons. The molecular formula is C39H31N3. The number of rotatable bonds is 7. The van der Waals surface area contributed by atoms with Crippen LogP contribution in [-0.2, 0) is 0 Å². The van der Waals surface area contributed by atoms with Crippen LogP contribution in [0.15, 0.2) is 152 Å². The van der Waals surface area contributed by atoms with Crippen molar-refractivity contribution in [2.75, 3.05) is 0 Å². The van der Waals surface area contributed by atoms with Gasteiger partial charge < -0.3 is 0 Å². The van der Waals surface area contributed by atoms with Gasteiger partial charge in [0.2, 0.25) is 0 Å². The number of aromatic nitrogens is 3. The summed E-state index contributed by atoms with van der Waals surface area (Å²) < 4.78 is 0. The fourth-order valence-electron chi connectivity index (χ4n) is 5.13. The van der Waals surface area contributed by atoms with Crippen LogP contribution in [-0.4, -0.2) is 15.0 Å². The van der Waals surface area contributed by atoms with Gasteiger partial charge in [-0.05, 0) is 125 Å². The number of nitrogens with zero attached hydrogens (tertiary/aromatic N) is 3. The number of hydrogen-bond donors (Lipinski definition) is 0. The van der Waals surface area contributed by atoms with Crippen LogP contribution < -0.4 is 0 Å². The maximum absolute atomic E-state index is 4.37. The maximum atomic E-state index is 4.37. The smallest absolute Gasteiger partial charge is 0.0346 e. The molecule has 0 amide bonds. The van der Waals surface area contributed by atoms with Gasteiger partial charge >= 0.3 is 0 Å². The summed E-state index contributed by atoms with van der Waals surface area (Å²) in [6, 6.07) is 34.6. The standard InChI is InChI=1S/C39H31N3/c1-3-4-9-28(2)34-19-35(21-37(20-34)31-12-6-15-40-25-31)29-10-5-11-30(18-29)36-22-38(32-13-7-16-41-26-32)24-39(23-36)33-14-8-17-42-27-33/h3-27H,1-2H3/b4-3-,28-9+. The summed E-state index contributed by atoms with van der Waals surface area (Å²) in [5, 5.41) is 0. The maximum Gasteiger partial charge on any atom is 0.0346 e. The van der Waals surface area contributed by atoms with Crippen molar-refractivity contribution in [1.29, 1.82) is 0 Å². The number of pyridine rings is 3. The van der Waals surface area contributed by atoms with E-state index in [2.05, 4.69) is 119 Å². The van der Waals surface area contributed by atoms with Gasteiger partial charge in [0.15, 0.2) is 0 Å². The normalized spacial score (nSPS) is 11.6. The van der Waals surface area contributed by atoms with Crippen molar-refractivity contribution in [2.45, 2.75) is 13.8 Å². The van der Waals surface area contributed by atoms with E-state index in [0.29, 0.717) is 0 Å². The Morgan fingerprint density at radius 1 is 0.476 bits per heavy atom. The molecule has 0 bridgehead atoms. The summed E-state index contributed by atoms with van der Waals surface area (Å²) in [6.45, 7) is 4.20. The average Bonchev–Trinajstić information content (AvgIpc) is 3.08. The lowest BCUT2D eigenvalue weighted by Crippen LogP contribution is -1.90. The molecule has 0 spiro atoms. The fourth-order valence-corrected chi connectivity index (χ4v) is 5.13. The van der Waals surface area contributed by atoms with E-state index < -0.39 is 0 Å². The highest BCUT2D eigenvalue weighted by molar-refractivity contribution is 5.84. The Bertz CT molecular complexity index is 1810. The van der Waals surface area contributed by atoms with Crippen LogP contribution in [0.2, 0.25) is 0 Å². The summed E-state index contributed by atoms with van der Waals surface area (Å²) in [5.41, 5.74) is 13.7. The minimum Gasteiger partial charge on any atom is -0.264 e. The first-order valence-corrected chi connectivity index (χ1v) is 14.1. The second kappa shape index (κ2) is 12.4. The van der Waals surface area contributed by atoms with Gasteiger partial charge in [0, 0.05) is 53.9 Å². The summed E-state index contributed by atoms with van der Waals surface area (Å²) in [4.78, 5) is 13.1. The van der Waals surface area contributed by atoms with E-state index in [1.165, 1.54) is 11.1 Å². The molecule has 42 heavy (non-hydrogen) atoms. The highest BCUT2D eigenvalue weighted by Gasteiger charge is 2.11. The van der Waals surface area contributed by atoms with Crippen molar-refractivity contribution in [1.82, 2.24) is 15.0 Å². The quantitative estimate of drug-likeness (QED) is 0.189. The summed E-state index contributed by atoms with van der Waals surface area (Å²) in [5.74, 6) is 0. The molecule has 3 nitrogen and oxygen atoms in total. The fraction of sp³-hybridized carbons (Fsp3) is 0.0513. The van der Waals surface area contributed by atoms with Crippen molar-refractivity contribution < 1.29 is 0 Å². The predicted octanol–water partition coefficient (Wildman–Crippen LogP) is 10.2. The van der Waals surface area contributed by atoms with Gasteiger partial charge in [-0.15, -0.1) is 0 Å². The first kappa shape index (κ1) is 26.8. The second-order valence-corrected chi connectivity index (χ2v) is 10.3. The van der Waals surface area contributed by atoms with Crippen LogP contribution in [0.4, 0.5) is 0 Å². The average molecular weight is 542 g/mol. The zero-order chi connectivity index (χ0) is 28.7. The lowest BCUT2D eigenvalue weighted by molar-refractivity contribution is 1.32. The van der Waals surface area contributed by atoms with Crippen molar-refractivity contribution >= 4 is 5.57 Å². The molecule has 0 radical (unpaired) electrons. The molecule has 3 heterocycles. The van der Waals surface area contributed by atoms with E-state index in [1.54, 1.807) is 0 Å². The Morgan fingerprint density at radius 3 is 1.29 bits per heavy atom. The summed E-state index contributed by atoms with van der Waals surface area (Å²) in [7, 11) is 0. The lowest BCUT2D eigenvalue weighted by atomic mass is 9.91. The van der Waals surface area contributed by atoms with Crippen molar-refractivity contribution in [3.8, 4) is 55.6 Å². The third kappa shape index (κ3) is 6.01. The lowest BCUT2D eigenvalue weighted by Gasteiger charge is -2.14. The third-order valence-corrected chi connectivity index (χ3v) is 7.37. The van der Waals surface area contributed by atoms with Crippen LogP contribution in [0.3, 0.4) is 0 Å². The minimum atomic E-state index is 1.08. The van der Waals surface area contributed by atoms with Crippen LogP contribution >= 0.6 is 0 Å². The first-order chi connectivity index (χ1) is 20.7. The molecule has 0 fully saturated rings. The highest BCUT2D eigenvalue weighted by Crippen LogP contribution is 2.36. The highest BCUT2D eigenvalue weighted by atomic mass is 14.6. The largest absolute Gasteiger partial charge is 0.264 e. The van der Waals surface area contributed by atoms with Gasteiger partial charge in [-0.1, -0.05) is 54.6 Å². The molecule has 3 heteroatoms. The third-order valence-electron chi connectivity index (χ3n) is 7.37. The Morgan fingerprint density at radius 2 is 0.857 bits per heavy atom. The molecule has 0 saturated heterocycles. The van der Waals surface area contributed by atoms with Crippen LogP contribution in [0.25, 0.3) is 61.2 Å². The number of allylic oxidation sites excluding steroid dienone is 4. The van der Waals surface area contributed by atoms with E-state index in [-0.39, 0.29) is 0 Å². The van der Waals surface area contributed by atoms with Crippen LogP contribution in [0.1, 0.15) is 19.4 Å². The molecular weight excluding hydrogens is 510 g/mol. The number of benzene rings is 3. The van der Waals surface area contributed by atoms with Gasteiger partial charge in [0.1, 0.15) is 0 Å².